The summed E-state index contributed by atoms with van der Waals surface area (Å²) in [6.45, 7) is 3.52. The SMILES string of the molecule is CC(N)(CO)COC1CCOC1. The van der Waals surface area contributed by atoms with Crippen LogP contribution >= 0.6 is 0 Å². The topological polar surface area (TPSA) is 64.7 Å². The molecular weight excluding hydrogens is 158 g/mol. The van der Waals surface area contributed by atoms with E-state index in [1.165, 1.54) is 0 Å². The summed E-state index contributed by atoms with van der Waals surface area (Å²) in [5, 5.41) is 8.83. The van der Waals surface area contributed by atoms with Crippen molar-refractivity contribution in [3.8, 4) is 0 Å². The highest BCUT2D eigenvalue weighted by Gasteiger charge is 2.22. The molecule has 1 saturated heterocycles. The average molecular weight is 175 g/mol. The maximum absolute atomic E-state index is 8.83. The molecule has 0 saturated carbocycles. The Labute approximate surface area is 72.6 Å². The van der Waals surface area contributed by atoms with Crippen LogP contribution in [0.25, 0.3) is 0 Å². The van der Waals surface area contributed by atoms with Gasteiger partial charge in [0.25, 0.3) is 0 Å². The van der Waals surface area contributed by atoms with E-state index in [0.29, 0.717) is 13.2 Å². The van der Waals surface area contributed by atoms with E-state index in [1.54, 1.807) is 6.92 Å². The highest BCUT2D eigenvalue weighted by molar-refractivity contribution is 4.77. The van der Waals surface area contributed by atoms with Crippen molar-refractivity contribution >= 4 is 0 Å². The monoisotopic (exact) mass is 175 g/mol. The fourth-order valence-corrected chi connectivity index (χ4v) is 0.998. The quantitative estimate of drug-likeness (QED) is 0.604. The van der Waals surface area contributed by atoms with Gasteiger partial charge in [-0.1, -0.05) is 0 Å². The van der Waals surface area contributed by atoms with Gasteiger partial charge in [-0.25, -0.2) is 0 Å². The van der Waals surface area contributed by atoms with Crippen molar-refractivity contribution in [2.75, 3.05) is 26.4 Å². The molecule has 0 spiro atoms. The molecular formula is C8H17NO3. The Morgan fingerprint density at radius 3 is 3.00 bits per heavy atom. The summed E-state index contributed by atoms with van der Waals surface area (Å²) in [5.41, 5.74) is 5.06. The van der Waals surface area contributed by atoms with Crippen molar-refractivity contribution in [1.82, 2.24) is 0 Å². The minimum absolute atomic E-state index is 0.0550. The van der Waals surface area contributed by atoms with Crippen LogP contribution in [0.3, 0.4) is 0 Å². The van der Waals surface area contributed by atoms with Crippen LogP contribution in [0.4, 0.5) is 0 Å². The van der Waals surface area contributed by atoms with Crippen molar-refractivity contribution in [2.45, 2.75) is 25.0 Å². The largest absolute Gasteiger partial charge is 0.394 e. The lowest BCUT2D eigenvalue weighted by Crippen LogP contribution is -2.45. The molecule has 2 atom stereocenters. The predicted octanol–water partition coefficient (Wildman–Crippen LogP) is -0.498. The first-order valence-electron chi connectivity index (χ1n) is 4.23. The first-order valence-corrected chi connectivity index (χ1v) is 4.23. The van der Waals surface area contributed by atoms with Gasteiger partial charge < -0.3 is 20.3 Å². The van der Waals surface area contributed by atoms with Crippen molar-refractivity contribution in [3.05, 3.63) is 0 Å². The molecule has 1 aliphatic rings. The fraction of sp³-hybridized carbons (Fsp3) is 1.00. The average Bonchev–Trinajstić information content (AvgIpc) is 2.53. The van der Waals surface area contributed by atoms with E-state index in [1.807, 2.05) is 0 Å². The lowest BCUT2D eigenvalue weighted by Gasteiger charge is -2.23. The molecule has 0 aliphatic carbocycles. The van der Waals surface area contributed by atoms with Gasteiger partial charge in [0.2, 0.25) is 0 Å². The summed E-state index contributed by atoms with van der Waals surface area (Å²) >= 11 is 0. The maximum Gasteiger partial charge on any atom is 0.0831 e. The van der Waals surface area contributed by atoms with Crippen molar-refractivity contribution < 1.29 is 14.6 Å². The van der Waals surface area contributed by atoms with Gasteiger partial charge >= 0.3 is 0 Å². The zero-order valence-corrected chi connectivity index (χ0v) is 7.45. The van der Waals surface area contributed by atoms with E-state index in [2.05, 4.69) is 0 Å². The second-order valence-electron chi connectivity index (χ2n) is 3.61. The normalized spacial score (nSPS) is 28.8. The molecule has 1 rings (SSSR count). The third-order valence-electron chi connectivity index (χ3n) is 1.90. The highest BCUT2D eigenvalue weighted by atomic mass is 16.5. The van der Waals surface area contributed by atoms with Crippen LogP contribution in [0.2, 0.25) is 0 Å². The summed E-state index contributed by atoms with van der Waals surface area (Å²) in [7, 11) is 0. The Morgan fingerprint density at radius 1 is 1.75 bits per heavy atom. The van der Waals surface area contributed by atoms with Gasteiger partial charge in [-0.2, -0.15) is 0 Å². The molecule has 1 fully saturated rings. The van der Waals surface area contributed by atoms with Gasteiger partial charge in [0.05, 0.1) is 31.5 Å². The summed E-state index contributed by atoms with van der Waals surface area (Å²) in [4.78, 5) is 0. The van der Waals surface area contributed by atoms with E-state index in [4.69, 9.17) is 20.3 Å². The number of rotatable bonds is 4. The molecule has 0 aromatic rings. The predicted molar refractivity (Wildman–Crippen MR) is 44.9 cm³/mol. The third-order valence-corrected chi connectivity index (χ3v) is 1.90. The third kappa shape index (κ3) is 3.06. The van der Waals surface area contributed by atoms with Crippen LogP contribution in [0, 0.1) is 0 Å². The Kier molecular flexibility index (Phi) is 3.46. The number of hydrogen-bond acceptors (Lipinski definition) is 4. The lowest BCUT2D eigenvalue weighted by molar-refractivity contribution is 0.00416. The van der Waals surface area contributed by atoms with Gasteiger partial charge in [-0.05, 0) is 13.3 Å². The summed E-state index contributed by atoms with van der Waals surface area (Å²) in [6, 6.07) is 0. The minimum Gasteiger partial charge on any atom is -0.394 e. The van der Waals surface area contributed by atoms with E-state index >= 15 is 0 Å². The molecule has 1 aliphatic heterocycles. The standard InChI is InChI=1S/C8H17NO3/c1-8(9,5-10)6-12-7-2-3-11-4-7/h7,10H,2-6,9H2,1H3. The molecule has 12 heavy (non-hydrogen) atoms. The smallest absolute Gasteiger partial charge is 0.0831 e. The molecule has 0 aromatic carbocycles. The molecule has 2 unspecified atom stereocenters. The van der Waals surface area contributed by atoms with Crippen molar-refractivity contribution in [1.29, 1.82) is 0 Å². The Bertz CT molecular complexity index is 132. The summed E-state index contributed by atoms with van der Waals surface area (Å²) in [5.74, 6) is 0. The van der Waals surface area contributed by atoms with E-state index in [-0.39, 0.29) is 12.7 Å². The van der Waals surface area contributed by atoms with Gasteiger partial charge in [-0.3, -0.25) is 0 Å². The van der Waals surface area contributed by atoms with Crippen LogP contribution in [0.1, 0.15) is 13.3 Å². The Hall–Kier alpha value is -0.160. The van der Waals surface area contributed by atoms with E-state index < -0.39 is 5.54 Å². The molecule has 1 heterocycles. The first kappa shape index (κ1) is 9.92. The van der Waals surface area contributed by atoms with Gasteiger partial charge in [0.1, 0.15) is 0 Å². The zero-order chi connectivity index (χ0) is 9.03. The van der Waals surface area contributed by atoms with Crippen LogP contribution in [0.5, 0.6) is 0 Å². The Balaban J connectivity index is 2.15. The van der Waals surface area contributed by atoms with Gasteiger partial charge in [0, 0.05) is 6.61 Å². The molecule has 72 valence electrons. The zero-order valence-electron chi connectivity index (χ0n) is 7.45. The Morgan fingerprint density at radius 2 is 2.50 bits per heavy atom. The number of ether oxygens (including phenoxy) is 2. The number of aliphatic hydroxyl groups excluding tert-OH is 1. The van der Waals surface area contributed by atoms with Crippen LogP contribution in [-0.2, 0) is 9.47 Å². The van der Waals surface area contributed by atoms with E-state index in [9.17, 15) is 0 Å². The molecule has 0 radical (unpaired) electrons. The fourth-order valence-electron chi connectivity index (χ4n) is 0.998. The van der Waals surface area contributed by atoms with Crippen LogP contribution in [0.15, 0.2) is 0 Å². The lowest BCUT2D eigenvalue weighted by atomic mass is 10.1. The second kappa shape index (κ2) is 4.18. The van der Waals surface area contributed by atoms with Gasteiger partial charge in [-0.15, -0.1) is 0 Å². The van der Waals surface area contributed by atoms with Crippen molar-refractivity contribution in [2.24, 2.45) is 5.73 Å². The van der Waals surface area contributed by atoms with Gasteiger partial charge in [0.15, 0.2) is 0 Å². The molecule has 4 nitrogen and oxygen atoms in total. The minimum atomic E-state index is -0.622. The molecule has 0 amide bonds. The highest BCUT2D eigenvalue weighted by Crippen LogP contribution is 2.10. The number of aliphatic hydroxyl groups is 1. The molecule has 0 aromatic heterocycles. The summed E-state index contributed by atoms with van der Waals surface area (Å²) in [6.07, 6.45) is 1.10. The maximum atomic E-state index is 8.83. The van der Waals surface area contributed by atoms with E-state index in [0.717, 1.165) is 13.0 Å². The number of hydrogen-bond donors (Lipinski definition) is 2. The van der Waals surface area contributed by atoms with Crippen molar-refractivity contribution in [3.63, 3.8) is 0 Å². The van der Waals surface area contributed by atoms with Crippen LogP contribution in [-0.4, -0.2) is 43.2 Å². The first-order chi connectivity index (χ1) is 5.64. The second-order valence-corrected chi connectivity index (χ2v) is 3.61. The summed E-state index contributed by atoms with van der Waals surface area (Å²) < 4.78 is 10.6. The molecule has 3 N–H and O–H groups in total. The number of nitrogens with two attached hydrogens (primary N) is 1. The molecule has 4 heteroatoms. The van der Waals surface area contributed by atoms with Crippen LogP contribution < -0.4 is 5.73 Å². The molecule has 0 bridgehead atoms.